The molecule has 0 aliphatic heterocycles. The van der Waals surface area contributed by atoms with Crippen molar-refractivity contribution in [2.45, 2.75) is 6.18 Å². The zero-order chi connectivity index (χ0) is 26.3. The number of halogens is 3. The molecule has 0 radical (unpaired) electrons. The Labute approximate surface area is 210 Å². The van der Waals surface area contributed by atoms with Crippen molar-refractivity contribution >= 4 is 34.6 Å². The predicted octanol–water partition coefficient (Wildman–Crippen LogP) is 5.85. The minimum absolute atomic E-state index is 0.129. The first-order valence-electron chi connectivity index (χ1n) is 11.2. The number of benzene rings is 4. The lowest BCUT2D eigenvalue weighted by atomic mass is 10.1. The number of esters is 1. The molecule has 6 nitrogen and oxygen atoms in total. The maximum atomic E-state index is 13.2. The first kappa shape index (κ1) is 25.4. The fourth-order valence-electron chi connectivity index (χ4n) is 3.40. The lowest BCUT2D eigenvalue weighted by molar-refractivity contribution is -0.149. The van der Waals surface area contributed by atoms with E-state index in [9.17, 15) is 22.8 Å². The summed E-state index contributed by atoms with van der Waals surface area (Å²) in [6, 6.07) is 25.8. The lowest BCUT2D eigenvalue weighted by Gasteiger charge is -2.18. The van der Waals surface area contributed by atoms with Crippen LogP contribution in [0.2, 0.25) is 0 Å². The minimum Gasteiger partial charge on any atom is -0.482 e. The first-order valence-corrected chi connectivity index (χ1v) is 11.2. The molecule has 0 N–H and O–H groups in total. The monoisotopic (exact) mass is 506 g/mol. The third kappa shape index (κ3) is 6.94. The number of hydrogen-bond acceptors (Lipinski definition) is 5. The van der Waals surface area contributed by atoms with Gasteiger partial charge in [0.25, 0.3) is 5.91 Å². The third-order valence-corrected chi connectivity index (χ3v) is 5.21. The molecule has 0 aromatic heterocycles. The van der Waals surface area contributed by atoms with Crippen LogP contribution in [0.15, 0.2) is 102 Å². The van der Waals surface area contributed by atoms with Crippen molar-refractivity contribution in [3.63, 3.8) is 0 Å². The quantitative estimate of drug-likeness (QED) is 0.171. The second-order valence-corrected chi connectivity index (χ2v) is 7.87. The summed E-state index contributed by atoms with van der Waals surface area (Å²) < 4.78 is 50.1. The fourth-order valence-corrected chi connectivity index (χ4v) is 3.40. The van der Waals surface area contributed by atoms with Crippen LogP contribution in [-0.2, 0) is 20.5 Å². The van der Waals surface area contributed by atoms with E-state index in [4.69, 9.17) is 9.47 Å². The molecule has 1 amide bonds. The molecule has 0 spiro atoms. The standard InChI is InChI=1S/C28H21F3N2O4/c29-28(30,31)23-11-6-12-24(16-23)33(32-17-20-7-2-1-3-8-20)26(34)18-37-27(35)19-36-25-14-13-21-9-4-5-10-22(21)15-25/h1-17H,18-19H2/b32-17+. The van der Waals surface area contributed by atoms with E-state index < -0.39 is 36.8 Å². The second kappa shape index (κ2) is 11.4. The summed E-state index contributed by atoms with van der Waals surface area (Å²) in [4.78, 5) is 25.1. The Kier molecular flexibility index (Phi) is 7.83. The fraction of sp³-hybridized carbons (Fsp3) is 0.107. The summed E-state index contributed by atoms with van der Waals surface area (Å²) in [6.45, 7) is -1.20. The van der Waals surface area contributed by atoms with E-state index >= 15 is 0 Å². The molecule has 0 saturated carbocycles. The number of carbonyl (C=O) groups is 2. The zero-order valence-electron chi connectivity index (χ0n) is 19.4. The largest absolute Gasteiger partial charge is 0.482 e. The average molecular weight is 506 g/mol. The Morgan fingerprint density at radius 3 is 2.30 bits per heavy atom. The van der Waals surface area contributed by atoms with Gasteiger partial charge in [0.1, 0.15) is 5.75 Å². The van der Waals surface area contributed by atoms with Crippen molar-refractivity contribution < 1.29 is 32.2 Å². The van der Waals surface area contributed by atoms with Gasteiger partial charge in [-0.3, -0.25) is 4.79 Å². The van der Waals surface area contributed by atoms with E-state index in [2.05, 4.69) is 5.10 Å². The molecule has 37 heavy (non-hydrogen) atoms. The number of ether oxygens (including phenoxy) is 2. The van der Waals surface area contributed by atoms with E-state index in [-0.39, 0.29) is 5.69 Å². The molecular formula is C28H21F3N2O4. The highest BCUT2D eigenvalue weighted by molar-refractivity contribution is 5.97. The number of rotatable bonds is 8. The van der Waals surface area contributed by atoms with Gasteiger partial charge in [0.15, 0.2) is 13.2 Å². The number of amides is 1. The minimum atomic E-state index is -4.61. The normalized spacial score (nSPS) is 11.4. The van der Waals surface area contributed by atoms with Crippen molar-refractivity contribution in [3.05, 3.63) is 108 Å². The topological polar surface area (TPSA) is 68.2 Å². The van der Waals surface area contributed by atoms with Crippen LogP contribution < -0.4 is 9.75 Å². The molecule has 0 aliphatic rings. The maximum Gasteiger partial charge on any atom is 0.416 e. The van der Waals surface area contributed by atoms with Crippen LogP contribution in [0.5, 0.6) is 5.75 Å². The molecule has 0 aliphatic carbocycles. The van der Waals surface area contributed by atoms with Gasteiger partial charge in [-0.15, -0.1) is 0 Å². The van der Waals surface area contributed by atoms with Crippen LogP contribution in [0.4, 0.5) is 18.9 Å². The van der Waals surface area contributed by atoms with Crippen LogP contribution in [0.1, 0.15) is 11.1 Å². The Balaban J connectivity index is 1.43. The van der Waals surface area contributed by atoms with Crippen LogP contribution in [0, 0.1) is 0 Å². The Bertz CT molecular complexity index is 1420. The highest BCUT2D eigenvalue weighted by Gasteiger charge is 2.31. The molecule has 9 heteroatoms. The number of alkyl halides is 3. The van der Waals surface area contributed by atoms with Crippen LogP contribution >= 0.6 is 0 Å². The van der Waals surface area contributed by atoms with Crippen LogP contribution in [-0.4, -0.2) is 31.3 Å². The summed E-state index contributed by atoms with van der Waals surface area (Å²) in [5, 5.41) is 6.76. The predicted molar refractivity (Wildman–Crippen MR) is 133 cm³/mol. The van der Waals surface area contributed by atoms with Crippen molar-refractivity contribution in [1.82, 2.24) is 0 Å². The Morgan fingerprint density at radius 2 is 1.54 bits per heavy atom. The highest BCUT2D eigenvalue weighted by Crippen LogP contribution is 2.32. The van der Waals surface area contributed by atoms with Gasteiger partial charge in [-0.05, 0) is 46.7 Å². The molecule has 188 valence electrons. The number of nitrogens with zero attached hydrogens (tertiary/aromatic N) is 2. The molecule has 4 aromatic rings. The number of hydrazone groups is 1. The van der Waals surface area contributed by atoms with Gasteiger partial charge < -0.3 is 9.47 Å². The molecular weight excluding hydrogens is 485 g/mol. The van der Waals surface area contributed by atoms with Gasteiger partial charge in [-0.25, -0.2) is 4.79 Å². The highest BCUT2D eigenvalue weighted by atomic mass is 19.4. The summed E-state index contributed by atoms with van der Waals surface area (Å²) in [5.74, 6) is -1.22. The van der Waals surface area contributed by atoms with Gasteiger partial charge in [0, 0.05) is 0 Å². The van der Waals surface area contributed by atoms with Crippen LogP contribution in [0.3, 0.4) is 0 Å². The SMILES string of the molecule is O=C(COc1ccc2ccccc2c1)OCC(=O)N(/N=C/c1ccccc1)c1cccc(C(F)(F)F)c1. The molecule has 0 fully saturated rings. The summed E-state index contributed by atoms with van der Waals surface area (Å²) in [7, 11) is 0. The number of fused-ring (bicyclic) bond motifs is 1. The summed E-state index contributed by atoms with van der Waals surface area (Å²) >= 11 is 0. The first-order chi connectivity index (χ1) is 17.8. The molecule has 0 unspecified atom stereocenters. The Hall–Kier alpha value is -4.66. The molecule has 0 saturated heterocycles. The maximum absolute atomic E-state index is 13.2. The van der Waals surface area contributed by atoms with Gasteiger partial charge in [0.2, 0.25) is 0 Å². The second-order valence-electron chi connectivity index (χ2n) is 7.87. The van der Waals surface area contributed by atoms with Gasteiger partial charge in [-0.1, -0.05) is 66.7 Å². The number of hydrogen-bond donors (Lipinski definition) is 0. The lowest BCUT2D eigenvalue weighted by Crippen LogP contribution is -2.31. The van der Waals surface area contributed by atoms with E-state index in [1.54, 1.807) is 42.5 Å². The molecule has 0 heterocycles. The van der Waals surface area contributed by atoms with E-state index in [0.29, 0.717) is 11.3 Å². The van der Waals surface area contributed by atoms with Crippen LogP contribution in [0.25, 0.3) is 10.8 Å². The zero-order valence-corrected chi connectivity index (χ0v) is 19.4. The summed E-state index contributed by atoms with van der Waals surface area (Å²) in [6.07, 6.45) is -3.29. The van der Waals surface area contributed by atoms with E-state index in [1.807, 2.05) is 30.3 Å². The molecule has 0 atom stereocenters. The number of anilines is 1. The molecule has 0 bridgehead atoms. The van der Waals surface area contributed by atoms with E-state index in [0.717, 1.165) is 27.9 Å². The number of carbonyl (C=O) groups excluding carboxylic acids is 2. The van der Waals surface area contributed by atoms with Gasteiger partial charge in [0.05, 0.1) is 17.5 Å². The van der Waals surface area contributed by atoms with Gasteiger partial charge >= 0.3 is 12.1 Å². The molecule has 4 aromatic carbocycles. The van der Waals surface area contributed by atoms with Gasteiger partial charge in [-0.2, -0.15) is 23.3 Å². The average Bonchev–Trinajstić information content (AvgIpc) is 2.91. The van der Waals surface area contributed by atoms with Crippen molar-refractivity contribution in [2.75, 3.05) is 18.2 Å². The third-order valence-electron chi connectivity index (χ3n) is 5.21. The summed E-state index contributed by atoms with van der Waals surface area (Å²) in [5.41, 5.74) is -0.456. The van der Waals surface area contributed by atoms with Crippen molar-refractivity contribution in [1.29, 1.82) is 0 Å². The van der Waals surface area contributed by atoms with Crippen molar-refractivity contribution in [3.8, 4) is 5.75 Å². The molecule has 4 rings (SSSR count). The van der Waals surface area contributed by atoms with E-state index in [1.165, 1.54) is 18.3 Å². The smallest absolute Gasteiger partial charge is 0.416 e. The van der Waals surface area contributed by atoms with Crippen molar-refractivity contribution in [2.24, 2.45) is 5.10 Å². The Morgan fingerprint density at radius 1 is 0.811 bits per heavy atom.